The quantitative estimate of drug-likeness (QED) is 0.513. The predicted octanol–water partition coefficient (Wildman–Crippen LogP) is 3.72. The summed E-state index contributed by atoms with van der Waals surface area (Å²) in [5.74, 6) is -1.64. The molecule has 0 amide bonds. The maximum atomic E-state index is 13.4. The molecule has 0 bridgehead atoms. The third-order valence-electron chi connectivity index (χ3n) is 1.72. The Balaban J connectivity index is 3.18. The Hall–Kier alpha value is -1.63. The van der Waals surface area contributed by atoms with Gasteiger partial charge in [0.05, 0.1) is 15.2 Å². The second kappa shape index (κ2) is 5.62. The van der Waals surface area contributed by atoms with Gasteiger partial charge in [-0.3, -0.25) is 0 Å². The van der Waals surface area contributed by atoms with Crippen LogP contribution in [0.25, 0.3) is 0 Å². The third kappa shape index (κ3) is 2.94. The highest BCUT2D eigenvalue weighted by molar-refractivity contribution is 9.10. The molecule has 1 aromatic rings. The van der Waals surface area contributed by atoms with Crippen molar-refractivity contribution < 1.29 is 8.78 Å². The first kappa shape index (κ1) is 13.4. The summed E-state index contributed by atoms with van der Waals surface area (Å²) >= 11 is 8.23. The fraction of sp³-hybridized carbons (Fsp3) is 0. The minimum Gasteiger partial charge on any atom is -0.356 e. The molecule has 0 spiro atoms. The minimum atomic E-state index is -0.834. The van der Waals surface area contributed by atoms with E-state index in [1.165, 1.54) is 0 Å². The van der Waals surface area contributed by atoms with E-state index in [1.54, 1.807) is 12.1 Å². The van der Waals surface area contributed by atoms with Gasteiger partial charge in [0.15, 0.2) is 5.82 Å². The molecular formula is C10H3BrClF2N3. The molecule has 0 fully saturated rings. The minimum absolute atomic E-state index is 0.214. The van der Waals surface area contributed by atoms with Crippen molar-refractivity contribution in [3.05, 3.63) is 39.0 Å². The topological polar surface area (TPSA) is 59.6 Å². The molecule has 0 radical (unpaired) electrons. The van der Waals surface area contributed by atoms with Gasteiger partial charge >= 0.3 is 0 Å². The molecule has 1 aromatic carbocycles. The monoisotopic (exact) mass is 317 g/mol. The van der Waals surface area contributed by atoms with E-state index in [2.05, 4.69) is 21.2 Å². The molecule has 7 heteroatoms. The number of anilines is 1. The van der Waals surface area contributed by atoms with Gasteiger partial charge in [0, 0.05) is 6.20 Å². The Kier molecular flexibility index (Phi) is 4.45. The Bertz CT molecular complexity index is 556. The first-order valence-corrected chi connectivity index (χ1v) is 5.28. The summed E-state index contributed by atoms with van der Waals surface area (Å²) in [6, 6.07) is 3.92. The summed E-state index contributed by atoms with van der Waals surface area (Å²) < 4.78 is 26.5. The van der Waals surface area contributed by atoms with Crippen LogP contribution in [-0.2, 0) is 0 Å². The third-order valence-corrected chi connectivity index (χ3v) is 2.74. The zero-order valence-corrected chi connectivity index (χ0v) is 10.4. The number of nitriles is 2. The fourth-order valence-electron chi connectivity index (χ4n) is 0.932. The van der Waals surface area contributed by atoms with Crippen LogP contribution in [0.4, 0.5) is 14.5 Å². The largest absolute Gasteiger partial charge is 0.356 e. The van der Waals surface area contributed by atoms with E-state index in [0.717, 1.165) is 12.3 Å². The van der Waals surface area contributed by atoms with Gasteiger partial charge in [0.25, 0.3) is 0 Å². The normalized spacial score (nSPS) is 9.06. The van der Waals surface area contributed by atoms with Gasteiger partial charge in [-0.1, -0.05) is 11.6 Å². The zero-order chi connectivity index (χ0) is 13.0. The number of nitrogens with zero attached hydrogens (tertiary/aromatic N) is 2. The van der Waals surface area contributed by atoms with E-state index >= 15 is 0 Å². The lowest BCUT2D eigenvalue weighted by Crippen LogP contribution is -1.97. The molecule has 0 saturated carbocycles. The number of nitrogens with one attached hydrogen (secondary N) is 1. The molecule has 0 atom stereocenters. The van der Waals surface area contributed by atoms with E-state index in [-0.39, 0.29) is 20.8 Å². The Morgan fingerprint density at radius 3 is 2.53 bits per heavy atom. The van der Waals surface area contributed by atoms with Gasteiger partial charge in [-0.25, -0.2) is 8.78 Å². The lowest BCUT2D eigenvalue weighted by Gasteiger charge is -2.07. The van der Waals surface area contributed by atoms with Crippen LogP contribution in [0, 0.1) is 34.3 Å². The molecule has 3 nitrogen and oxygen atoms in total. The van der Waals surface area contributed by atoms with Gasteiger partial charge in [0.2, 0.25) is 0 Å². The summed E-state index contributed by atoms with van der Waals surface area (Å²) in [4.78, 5) is 0. The molecule has 0 heterocycles. The van der Waals surface area contributed by atoms with Crippen LogP contribution < -0.4 is 5.32 Å². The highest BCUT2D eigenvalue weighted by Gasteiger charge is 2.15. The van der Waals surface area contributed by atoms with E-state index in [9.17, 15) is 8.78 Å². The molecule has 0 aromatic heterocycles. The summed E-state index contributed by atoms with van der Waals surface area (Å²) in [5, 5.41) is 18.9. The van der Waals surface area contributed by atoms with Crippen molar-refractivity contribution in [2.75, 3.05) is 5.32 Å². The highest BCUT2D eigenvalue weighted by Crippen LogP contribution is 2.33. The summed E-state index contributed by atoms with van der Waals surface area (Å²) in [7, 11) is 0. The van der Waals surface area contributed by atoms with E-state index in [0.29, 0.717) is 0 Å². The first-order chi connectivity index (χ1) is 8.01. The van der Waals surface area contributed by atoms with Gasteiger partial charge < -0.3 is 5.32 Å². The average Bonchev–Trinajstić information content (AvgIpc) is 2.31. The SMILES string of the molecule is N#CC(C#N)=CNc1c(F)cc(Cl)c(F)c1Br. The van der Waals surface area contributed by atoms with E-state index in [4.69, 9.17) is 22.1 Å². The molecule has 0 aliphatic rings. The second-order valence-corrected chi connectivity index (χ2v) is 3.97. The Morgan fingerprint density at radius 2 is 2.00 bits per heavy atom. The summed E-state index contributed by atoms with van der Waals surface area (Å²) in [6.45, 7) is 0. The maximum absolute atomic E-state index is 13.4. The summed E-state index contributed by atoms with van der Waals surface area (Å²) in [5.41, 5.74) is -0.512. The molecular weight excluding hydrogens is 315 g/mol. The number of hydrogen-bond acceptors (Lipinski definition) is 3. The lowest BCUT2D eigenvalue weighted by molar-refractivity contribution is 0.598. The Morgan fingerprint density at radius 1 is 1.41 bits per heavy atom. The molecule has 86 valence electrons. The number of benzene rings is 1. The van der Waals surface area contributed by atoms with E-state index in [1.807, 2.05) is 0 Å². The number of allylic oxidation sites excluding steroid dienone is 1. The molecule has 0 aliphatic heterocycles. The second-order valence-electron chi connectivity index (χ2n) is 2.77. The lowest BCUT2D eigenvalue weighted by atomic mass is 10.3. The van der Waals surface area contributed by atoms with Crippen molar-refractivity contribution in [1.29, 1.82) is 10.5 Å². The van der Waals surface area contributed by atoms with Crippen molar-refractivity contribution >= 4 is 33.2 Å². The molecule has 17 heavy (non-hydrogen) atoms. The smallest absolute Gasteiger partial charge is 0.158 e. The highest BCUT2D eigenvalue weighted by atomic mass is 79.9. The van der Waals surface area contributed by atoms with Crippen LogP contribution in [0.3, 0.4) is 0 Å². The fourth-order valence-corrected chi connectivity index (χ4v) is 1.75. The van der Waals surface area contributed by atoms with Crippen LogP contribution in [0.2, 0.25) is 5.02 Å². The van der Waals surface area contributed by atoms with Crippen LogP contribution in [0.15, 0.2) is 22.3 Å². The first-order valence-electron chi connectivity index (χ1n) is 4.11. The van der Waals surface area contributed by atoms with Crippen molar-refractivity contribution in [2.24, 2.45) is 0 Å². The molecule has 0 aliphatic carbocycles. The van der Waals surface area contributed by atoms with Crippen LogP contribution in [0.5, 0.6) is 0 Å². The summed E-state index contributed by atoms with van der Waals surface area (Å²) in [6.07, 6.45) is 0.969. The standard InChI is InChI=1S/C10H3BrClF2N3/c11-8-9(14)6(12)1-7(13)10(8)17-4-5(2-15)3-16/h1,4,17H. The van der Waals surface area contributed by atoms with Crippen molar-refractivity contribution in [1.82, 2.24) is 0 Å². The molecule has 0 unspecified atom stereocenters. The zero-order valence-electron chi connectivity index (χ0n) is 8.06. The molecule has 1 N–H and O–H groups in total. The van der Waals surface area contributed by atoms with Gasteiger partial charge in [0.1, 0.15) is 23.5 Å². The number of rotatable bonds is 2. The number of hydrogen-bond donors (Lipinski definition) is 1. The van der Waals surface area contributed by atoms with E-state index < -0.39 is 11.6 Å². The van der Waals surface area contributed by atoms with Crippen molar-refractivity contribution in [2.45, 2.75) is 0 Å². The maximum Gasteiger partial charge on any atom is 0.158 e. The molecule has 1 rings (SSSR count). The predicted molar refractivity (Wildman–Crippen MR) is 62.0 cm³/mol. The van der Waals surface area contributed by atoms with Crippen LogP contribution in [0.1, 0.15) is 0 Å². The van der Waals surface area contributed by atoms with Gasteiger partial charge in [-0.15, -0.1) is 0 Å². The van der Waals surface area contributed by atoms with Gasteiger partial charge in [-0.05, 0) is 22.0 Å². The van der Waals surface area contributed by atoms with Gasteiger partial charge in [-0.2, -0.15) is 10.5 Å². The molecule has 0 saturated heterocycles. The van der Waals surface area contributed by atoms with Crippen LogP contribution >= 0.6 is 27.5 Å². The van der Waals surface area contributed by atoms with Crippen LogP contribution in [-0.4, -0.2) is 0 Å². The van der Waals surface area contributed by atoms with Crippen molar-refractivity contribution in [3.63, 3.8) is 0 Å². The average molecular weight is 319 g/mol. The Labute approximate surface area is 109 Å². The van der Waals surface area contributed by atoms with Crippen molar-refractivity contribution in [3.8, 4) is 12.1 Å². The number of halogens is 4.